The van der Waals surface area contributed by atoms with Crippen LogP contribution >= 0.6 is 0 Å². The molecule has 1 aromatic heterocycles. The molecule has 104 valence electrons. The van der Waals surface area contributed by atoms with Crippen molar-refractivity contribution in [2.45, 2.75) is 32.2 Å². The van der Waals surface area contributed by atoms with Crippen molar-refractivity contribution in [2.24, 2.45) is 0 Å². The Morgan fingerprint density at radius 2 is 2.47 bits per heavy atom. The molecule has 0 bridgehead atoms. The standard InChI is InChI=1S/C14H21N3O2/c1-2-9-17(11-5-3-7-15-10-11)14(19)13-12(18)6-4-8-16-13/h4,6,8,11,15,18H,2-3,5,7,9-10H2,1H3. The fourth-order valence-corrected chi connectivity index (χ4v) is 2.49. The summed E-state index contributed by atoms with van der Waals surface area (Å²) in [6, 6.07) is 3.32. The average molecular weight is 263 g/mol. The molecule has 1 atom stereocenters. The number of amides is 1. The molecule has 2 N–H and O–H groups in total. The Labute approximate surface area is 113 Å². The zero-order valence-corrected chi connectivity index (χ0v) is 11.3. The third-order valence-electron chi connectivity index (χ3n) is 3.43. The topological polar surface area (TPSA) is 65.5 Å². The van der Waals surface area contributed by atoms with Crippen molar-refractivity contribution in [1.82, 2.24) is 15.2 Å². The van der Waals surface area contributed by atoms with Gasteiger partial charge >= 0.3 is 0 Å². The first kappa shape index (κ1) is 13.8. The summed E-state index contributed by atoms with van der Waals surface area (Å²) >= 11 is 0. The molecule has 1 aromatic rings. The predicted molar refractivity (Wildman–Crippen MR) is 73.1 cm³/mol. The number of rotatable bonds is 4. The lowest BCUT2D eigenvalue weighted by Crippen LogP contribution is -2.49. The Hall–Kier alpha value is -1.62. The van der Waals surface area contributed by atoms with Gasteiger partial charge in [-0.3, -0.25) is 4.79 Å². The van der Waals surface area contributed by atoms with E-state index in [1.54, 1.807) is 6.07 Å². The van der Waals surface area contributed by atoms with Crippen LogP contribution in [0, 0.1) is 0 Å². The molecule has 1 fully saturated rings. The zero-order chi connectivity index (χ0) is 13.7. The molecule has 1 amide bonds. The van der Waals surface area contributed by atoms with Gasteiger partial charge in [0.05, 0.1) is 0 Å². The Morgan fingerprint density at radius 3 is 3.11 bits per heavy atom. The van der Waals surface area contributed by atoms with Crippen LogP contribution in [0.5, 0.6) is 5.75 Å². The maximum atomic E-state index is 12.5. The molecule has 2 rings (SSSR count). The lowest BCUT2D eigenvalue weighted by atomic mass is 10.0. The second-order valence-electron chi connectivity index (χ2n) is 4.87. The molecule has 0 aromatic carbocycles. The lowest BCUT2D eigenvalue weighted by molar-refractivity contribution is 0.0639. The van der Waals surface area contributed by atoms with Crippen LogP contribution in [0.4, 0.5) is 0 Å². The normalized spacial score (nSPS) is 19.1. The van der Waals surface area contributed by atoms with Gasteiger partial charge in [-0.2, -0.15) is 0 Å². The number of aromatic nitrogens is 1. The first-order valence-corrected chi connectivity index (χ1v) is 6.89. The number of hydrogen-bond acceptors (Lipinski definition) is 4. The van der Waals surface area contributed by atoms with Gasteiger partial charge in [-0.1, -0.05) is 6.92 Å². The summed E-state index contributed by atoms with van der Waals surface area (Å²) in [4.78, 5) is 18.4. The quantitative estimate of drug-likeness (QED) is 0.861. The monoisotopic (exact) mass is 263 g/mol. The van der Waals surface area contributed by atoms with Crippen LogP contribution in [-0.4, -0.2) is 46.6 Å². The number of nitrogens with one attached hydrogen (secondary N) is 1. The molecule has 5 heteroatoms. The second kappa shape index (κ2) is 6.52. The van der Waals surface area contributed by atoms with Gasteiger partial charge in [0.1, 0.15) is 5.75 Å². The molecule has 0 saturated carbocycles. The van der Waals surface area contributed by atoms with Crippen LogP contribution in [0.1, 0.15) is 36.7 Å². The SMILES string of the molecule is CCCN(C(=O)c1ncccc1O)C1CCCNC1. The fourth-order valence-electron chi connectivity index (χ4n) is 2.49. The Bertz CT molecular complexity index is 430. The van der Waals surface area contributed by atoms with E-state index < -0.39 is 0 Å². The van der Waals surface area contributed by atoms with Crippen LogP contribution < -0.4 is 5.32 Å². The number of hydrogen-bond donors (Lipinski definition) is 2. The molecule has 5 nitrogen and oxygen atoms in total. The molecule has 1 aliphatic rings. The number of pyridine rings is 1. The van der Waals surface area contributed by atoms with E-state index in [2.05, 4.69) is 17.2 Å². The summed E-state index contributed by atoms with van der Waals surface area (Å²) in [5.74, 6) is -0.217. The highest BCUT2D eigenvalue weighted by molar-refractivity contribution is 5.95. The Morgan fingerprint density at radius 1 is 1.63 bits per heavy atom. The van der Waals surface area contributed by atoms with E-state index in [0.717, 1.165) is 32.4 Å². The highest BCUT2D eigenvalue weighted by atomic mass is 16.3. The molecular weight excluding hydrogens is 242 g/mol. The summed E-state index contributed by atoms with van der Waals surface area (Å²) in [5, 5.41) is 13.1. The predicted octanol–water partition coefficient (Wildman–Crippen LogP) is 1.39. The van der Waals surface area contributed by atoms with Gasteiger partial charge in [0.15, 0.2) is 5.69 Å². The molecule has 1 unspecified atom stereocenters. The van der Waals surface area contributed by atoms with Crippen LogP contribution in [0.3, 0.4) is 0 Å². The molecule has 0 radical (unpaired) electrons. The maximum Gasteiger partial charge on any atom is 0.276 e. The minimum absolute atomic E-state index is 0.0441. The average Bonchev–Trinajstić information content (AvgIpc) is 2.45. The van der Waals surface area contributed by atoms with Crippen LogP contribution in [0.2, 0.25) is 0 Å². The second-order valence-corrected chi connectivity index (χ2v) is 4.87. The van der Waals surface area contributed by atoms with Crippen molar-refractivity contribution < 1.29 is 9.90 Å². The minimum Gasteiger partial charge on any atom is -0.505 e. The van der Waals surface area contributed by atoms with Gasteiger partial charge in [-0.25, -0.2) is 4.98 Å². The third kappa shape index (κ3) is 3.23. The molecule has 0 spiro atoms. The van der Waals surface area contributed by atoms with E-state index in [4.69, 9.17) is 0 Å². The summed E-state index contributed by atoms with van der Waals surface area (Å²) in [7, 11) is 0. The fraction of sp³-hybridized carbons (Fsp3) is 0.571. The van der Waals surface area contributed by atoms with Crippen molar-refractivity contribution in [2.75, 3.05) is 19.6 Å². The summed E-state index contributed by atoms with van der Waals surface area (Å²) < 4.78 is 0. The van der Waals surface area contributed by atoms with Crippen molar-refractivity contribution in [3.8, 4) is 5.75 Å². The minimum atomic E-state index is -0.173. The zero-order valence-electron chi connectivity index (χ0n) is 11.3. The Kier molecular flexibility index (Phi) is 4.74. The first-order valence-electron chi connectivity index (χ1n) is 6.89. The van der Waals surface area contributed by atoms with Gasteiger partial charge in [0, 0.05) is 25.3 Å². The molecule has 0 aliphatic carbocycles. The maximum absolute atomic E-state index is 12.5. The molecule has 19 heavy (non-hydrogen) atoms. The summed E-state index contributed by atoms with van der Waals surface area (Å²) in [6.07, 6.45) is 4.52. The molecule has 2 heterocycles. The highest BCUT2D eigenvalue weighted by Crippen LogP contribution is 2.19. The summed E-state index contributed by atoms with van der Waals surface area (Å²) in [5.41, 5.74) is 0.154. The van der Waals surface area contributed by atoms with Gasteiger partial charge in [-0.05, 0) is 37.9 Å². The number of nitrogens with zero attached hydrogens (tertiary/aromatic N) is 2. The van der Waals surface area contributed by atoms with E-state index >= 15 is 0 Å². The van der Waals surface area contributed by atoms with Gasteiger partial charge in [-0.15, -0.1) is 0 Å². The molecule has 1 saturated heterocycles. The van der Waals surface area contributed by atoms with E-state index in [1.807, 2.05) is 4.90 Å². The van der Waals surface area contributed by atoms with E-state index in [-0.39, 0.29) is 23.4 Å². The van der Waals surface area contributed by atoms with E-state index in [9.17, 15) is 9.90 Å². The number of carbonyl (C=O) groups is 1. The number of aromatic hydroxyl groups is 1. The largest absolute Gasteiger partial charge is 0.505 e. The molecule has 1 aliphatic heterocycles. The smallest absolute Gasteiger partial charge is 0.276 e. The van der Waals surface area contributed by atoms with Crippen molar-refractivity contribution >= 4 is 5.91 Å². The van der Waals surface area contributed by atoms with Gasteiger partial charge in [0.25, 0.3) is 5.91 Å². The van der Waals surface area contributed by atoms with Crippen LogP contribution in [-0.2, 0) is 0 Å². The lowest BCUT2D eigenvalue weighted by Gasteiger charge is -2.34. The van der Waals surface area contributed by atoms with Gasteiger partial charge in [0.2, 0.25) is 0 Å². The van der Waals surface area contributed by atoms with Crippen LogP contribution in [0.15, 0.2) is 18.3 Å². The molecular formula is C14H21N3O2. The summed E-state index contributed by atoms with van der Waals surface area (Å²) in [6.45, 7) is 4.58. The van der Waals surface area contributed by atoms with Crippen molar-refractivity contribution in [1.29, 1.82) is 0 Å². The van der Waals surface area contributed by atoms with Crippen LogP contribution in [0.25, 0.3) is 0 Å². The van der Waals surface area contributed by atoms with Gasteiger partial charge < -0.3 is 15.3 Å². The van der Waals surface area contributed by atoms with E-state index in [1.165, 1.54) is 12.3 Å². The van der Waals surface area contributed by atoms with Crippen molar-refractivity contribution in [3.05, 3.63) is 24.0 Å². The number of carbonyl (C=O) groups excluding carboxylic acids is 1. The Balaban J connectivity index is 2.18. The third-order valence-corrected chi connectivity index (χ3v) is 3.43. The first-order chi connectivity index (χ1) is 9.24. The van der Waals surface area contributed by atoms with E-state index in [0.29, 0.717) is 6.54 Å². The highest BCUT2D eigenvalue weighted by Gasteiger charge is 2.27. The number of piperidine rings is 1. The van der Waals surface area contributed by atoms with Crippen molar-refractivity contribution in [3.63, 3.8) is 0 Å².